The fourth-order valence-electron chi connectivity index (χ4n) is 10.4. The summed E-state index contributed by atoms with van der Waals surface area (Å²) in [5.74, 6) is 0. The topological polar surface area (TPSA) is 8.17 Å². The van der Waals surface area contributed by atoms with Crippen molar-refractivity contribution in [1.29, 1.82) is 0 Å². The van der Waals surface area contributed by atoms with Crippen LogP contribution < -0.4 is 4.90 Å². The molecule has 1 aromatic heterocycles. The first-order chi connectivity index (χ1) is 30.1. The van der Waals surface area contributed by atoms with E-state index in [0.29, 0.717) is 0 Å². The third-order valence-corrected chi connectivity index (χ3v) is 13.2. The highest BCUT2D eigenvalue weighted by molar-refractivity contribution is 6.16. The van der Waals surface area contributed by atoms with Crippen LogP contribution in [0.1, 0.15) is 25.0 Å². The summed E-state index contributed by atoms with van der Waals surface area (Å²) < 4.78 is 2.53. The van der Waals surface area contributed by atoms with Gasteiger partial charge in [-0.1, -0.05) is 190 Å². The first-order valence-corrected chi connectivity index (χ1v) is 21.3. The van der Waals surface area contributed by atoms with Crippen LogP contribution in [0.15, 0.2) is 218 Å². The van der Waals surface area contributed by atoms with Crippen molar-refractivity contribution in [2.24, 2.45) is 0 Å². The van der Waals surface area contributed by atoms with Crippen LogP contribution in [-0.4, -0.2) is 4.57 Å². The Morgan fingerprint density at radius 2 is 0.918 bits per heavy atom. The van der Waals surface area contributed by atoms with Crippen molar-refractivity contribution in [2.45, 2.75) is 19.3 Å². The molecule has 2 heteroatoms. The predicted molar refractivity (Wildman–Crippen MR) is 259 cm³/mol. The summed E-state index contributed by atoms with van der Waals surface area (Å²) in [7, 11) is 0. The molecule has 12 rings (SSSR count). The van der Waals surface area contributed by atoms with Gasteiger partial charge in [0.1, 0.15) is 0 Å². The molecule has 0 radical (unpaired) electrons. The van der Waals surface area contributed by atoms with Gasteiger partial charge in [-0.2, -0.15) is 0 Å². The van der Waals surface area contributed by atoms with Gasteiger partial charge in [-0.05, 0) is 97.4 Å². The smallest absolute Gasteiger partial charge is 0.0782 e. The summed E-state index contributed by atoms with van der Waals surface area (Å²) in [5, 5.41) is 7.43. The second kappa shape index (κ2) is 13.7. The first kappa shape index (κ1) is 35.3. The number of aromatic nitrogens is 1. The van der Waals surface area contributed by atoms with Crippen molar-refractivity contribution in [3.8, 4) is 39.1 Å². The Morgan fingerprint density at radius 1 is 0.361 bits per heavy atom. The van der Waals surface area contributed by atoms with Gasteiger partial charge >= 0.3 is 0 Å². The second-order valence-corrected chi connectivity index (χ2v) is 16.9. The Hall–Kier alpha value is -7.68. The van der Waals surface area contributed by atoms with Crippen molar-refractivity contribution >= 4 is 60.4 Å². The van der Waals surface area contributed by atoms with Gasteiger partial charge < -0.3 is 9.47 Å². The maximum Gasteiger partial charge on any atom is 0.0782 e. The molecule has 0 N–H and O–H groups in total. The number of benzene rings is 10. The molecule has 61 heavy (non-hydrogen) atoms. The lowest BCUT2D eigenvalue weighted by Crippen LogP contribution is -2.18. The average Bonchev–Trinajstić information content (AvgIpc) is 3.77. The fraction of sp³-hybridized carbons (Fsp3) is 0.0508. The Labute approximate surface area is 356 Å². The summed E-state index contributed by atoms with van der Waals surface area (Å²) >= 11 is 0. The van der Waals surface area contributed by atoms with E-state index < -0.39 is 0 Å². The average molecular weight is 779 g/mol. The SMILES string of the molecule is CC1(C)c2ccccc2-c2ccc(N(c3ccccc3-c3ccccc3)c3cccc(-c4cc5ccccc5c5ccccc45)c3-n3c4ccccc4c4ccccc43)cc21. The van der Waals surface area contributed by atoms with Gasteiger partial charge in [0.05, 0.1) is 28.1 Å². The molecular formula is C59H42N2. The lowest BCUT2D eigenvalue weighted by molar-refractivity contribution is 0.660. The van der Waals surface area contributed by atoms with Crippen LogP contribution in [0.5, 0.6) is 0 Å². The fourth-order valence-corrected chi connectivity index (χ4v) is 10.4. The van der Waals surface area contributed by atoms with Crippen molar-refractivity contribution < 1.29 is 0 Å². The summed E-state index contributed by atoms with van der Waals surface area (Å²) in [4.78, 5) is 2.54. The zero-order valence-electron chi connectivity index (χ0n) is 34.2. The number of fused-ring (bicyclic) bond motifs is 9. The van der Waals surface area contributed by atoms with E-state index in [2.05, 4.69) is 242 Å². The minimum absolute atomic E-state index is 0.173. The number of para-hydroxylation sites is 4. The van der Waals surface area contributed by atoms with E-state index in [1.807, 2.05) is 0 Å². The van der Waals surface area contributed by atoms with Gasteiger partial charge in [0.15, 0.2) is 0 Å². The van der Waals surface area contributed by atoms with Crippen molar-refractivity contribution in [3.63, 3.8) is 0 Å². The van der Waals surface area contributed by atoms with E-state index in [0.717, 1.165) is 22.7 Å². The van der Waals surface area contributed by atoms with E-state index in [4.69, 9.17) is 0 Å². The van der Waals surface area contributed by atoms with E-state index in [9.17, 15) is 0 Å². The van der Waals surface area contributed by atoms with Gasteiger partial charge in [-0.3, -0.25) is 0 Å². The second-order valence-electron chi connectivity index (χ2n) is 16.9. The van der Waals surface area contributed by atoms with Crippen LogP contribution in [0.4, 0.5) is 17.1 Å². The van der Waals surface area contributed by atoms with Crippen LogP contribution in [0.2, 0.25) is 0 Å². The molecule has 0 amide bonds. The van der Waals surface area contributed by atoms with Gasteiger partial charge in [0.25, 0.3) is 0 Å². The van der Waals surface area contributed by atoms with Crippen LogP contribution in [0, 0.1) is 0 Å². The summed E-state index contributed by atoms with van der Waals surface area (Å²) in [6, 6.07) is 80.7. The molecule has 0 unspecified atom stereocenters. The minimum Gasteiger partial charge on any atom is -0.308 e. The van der Waals surface area contributed by atoms with Gasteiger partial charge in [0.2, 0.25) is 0 Å². The molecule has 0 spiro atoms. The third-order valence-electron chi connectivity index (χ3n) is 13.2. The summed E-state index contributed by atoms with van der Waals surface area (Å²) in [6.45, 7) is 4.75. The van der Waals surface area contributed by atoms with E-state index in [1.165, 1.54) is 87.9 Å². The molecule has 1 aliphatic rings. The lowest BCUT2D eigenvalue weighted by atomic mass is 9.82. The maximum atomic E-state index is 2.54. The van der Waals surface area contributed by atoms with Gasteiger partial charge in [-0.15, -0.1) is 0 Å². The van der Waals surface area contributed by atoms with Crippen molar-refractivity contribution in [1.82, 2.24) is 4.57 Å². The zero-order chi connectivity index (χ0) is 40.7. The van der Waals surface area contributed by atoms with Crippen molar-refractivity contribution in [2.75, 3.05) is 4.90 Å². The highest BCUT2D eigenvalue weighted by atomic mass is 15.2. The standard InChI is InChI=1S/C59H42N2/c1-59(2)52-30-14-10-26-46(52)47-36-35-41(38-53(47)59)60(54-31-15-11-23-43(54)39-19-4-3-5-20-39)57-34-18-29-50(51-37-40-21-6-7-22-42(40)44-24-8-9-25-45(44)51)58(57)61-55-32-16-12-27-48(55)49-28-13-17-33-56(49)61/h3-38H,1-2H3. The molecule has 0 saturated heterocycles. The molecule has 1 aliphatic carbocycles. The van der Waals surface area contributed by atoms with Crippen molar-refractivity contribution in [3.05, 3.63) is 230 Å². The van der Waals surface area contributed by atoms with Crippen LogP contribution in [0.25, 0.3) is 82.4 Å². The number of nitrogens with zero attached hydrogens (tertiary/aromatic N) is 2. The Balaban J connectivity index is 1.24. The largest absolute Gasteiger partial charge is 0.308 e. The van der Waals surface area contributed by atoms with Crippen LogP contribution in [-0.2, 0) is 5.41 Å². The molecule has 10 aromatic carbocycles. The Kier molecular flexibility index (Phi) is 7.92. The number of rotatable bonds is 6. The van der Waals surface area contributed by atoms with E-state index in [1.54, 1.807) is 0 Å². The summed E-state index contributed by atoms with van der Waals surface area (Å²) in [6.07, 6.45) is 0. The number of anilines is 3. The van der Waals surface area contributed by atoms with Gasteiger partial charge in [0, 0.05) is 33.0 Å². The highest BCUT2D eigenvalue weighted by Crippen LogP contribution is 2.53. The number of hydrogen-bond acceptors (Lipinski definition) is 1. The maximum absolute atomic E-state index is 2.54. The summed E-state index contributed by atoms with van der Waals surface area (Å²) in [5.41, 5.74) is 16.7. The molecular weight excluding hydrogens is 737 g/mol. The zero-order valence-corrected chi connectivity index (χ0v) is 34.2. The minimum atomic E-state index is -0.173. The predicted octanol–water partition coefficient (Wildman–Crippen LogP) is 16.2. The Morgan fingerprint density at radius 3 is 1.69 bits per heavy atom. The highest BCUT2D eigenvalue weighted by Gasteiger charge is 2.36. The van der Waals surface area contributed by atoms with Crippen LogP contribution in [0.3, 0.4) is 0 Å². The lowest BCUT2D eigenvalue weighted by Gasteiger charge is -2.32. The molecule has 11 aromatic rings. The van der Waals surface area contributed by atoms with E-state index >= 15 is 0 Å². The molecule has 0 bridgehead atoms. The Bertz CT molecular complexity index is 3460. The molecule has 2 nitrogen and oxygen atoms in total. The van der Waals surface area contributed by atoms with Gasteiger partial charge in [-0.25, -0.2) is 0 Å². The van der Waals surface area contributed by atoms with Crippen LogP contribution >= 0.6 is 0 Å². The number of hydrogen-bond donors (Lipinski definition) is 0. The molecule has 0 atom stereocenters. The van der Waals surface area contributed by atoms with E-state index in [-0.39, 0.29) is 5.41 Å². The molecule has 1 heterocycles. The molecule has 0 aliphatic heterocycles. The molecule has 0 fully saturated rings. The molecule has 0 saturated carbocycles. The quantitative estimate of drug-likeness (QED) is 0.153. The first-order valence-electron chi connectivity index (χ1n) is 21.3. The monoisotopic (exact) mass is 778 g/mol. The third kappa shape index (κ3) is 5.35. The normalized spacial score (nSPS) is 12.9. The molecule has 288 valence electrons.